The van der Waals surface area contributed by atoms with Crippen LogP contribution in [0.4, 0.5) is 4.79 Å². The molecule has 0 spiro atoms. The summed E-state index contributed by atoms with van der Waals surface area (Å²) in [4.78, 5) is 10.2. The van der Waals surface area contributed by atoms with Gasteiger partial charge in [-0.2, -0.15) is 12.6 Å². The summed E-state index contributed by atoms with van der Waals surface area (Å²) in [7, 11) is 1.31. The van der Waals surface area contributed by atoms with Gasteiger partial charge in [-0.25, -0.2) is 4.79 Å². The van der Waals surface area contributed by atoms with Crippen molar-refractivity contribution in [1.29, 1.82) is 0 Å². The van der Waals surface area contributed by atoms with Crippen molar-refractivity contribution in [1.82, 2.24) is 5.32 Å². The molecule has 0 aromatic carbocycles. The quantitative estimate of drug-likeness (QED) is 0.408. The third kappa shape index (κ3) is 3.80. The number of carbonyl (C=O) groups is 1. The van der Waals surface area contributed by atoms with E-state index in [-0.39, 0.29) is 5.37 Å². The fourth-order valence-corrected chi connectivity index (χ4v) is 0.335. The van der Waals surface area contributed by atoms with Crippen molar-refractivity contribution in [3.63, 3.8) is 0 Å². The number of nitrogens with one attached hydrogen (secondary N) is 1. The lowest BCUT2D eigenvalue weighted by molar-refractivity contribution is 0.170. The molecule has 0 aliphatic carbocycles. The second-order valence-electron chi connectivity index (χ2n) is 1.31. The van der Waals surface area contributed by atoms with Crippen molar-refractivity contribution in [3.05, 3.63) is 0 Å². The molecule has 4 heteroatoms. The first kappa shape index (κ1) is 7.62. The Labute approximate surface area is 53.8 Å². The highest BCUT2D eigenvalue weighted by Crippen LogP contribution is 1.85. The Morgan fingerprint density at radius 3 is 2.50 bits per heavy atom. The number of rotatable bonds is 1. The van der Waals surface area contributed by atoms with Crippen molar-refractivity contribution < 1.29 is 9.53 Å². The Kier molecular flexibility index (Phi) is 3.43. The molecule has 8 heavy (non-hydrogen) atoms. The summed E-state index contributed by atoms with van der Waals surface area (Å²) in [5, 5.41) is 2.24. The van der Waals surface area contributed by atoms with Gasteiger partial charge in [0.25, 0.3) is 0 Å². The maximum absolute atomic E-state index is 10.2. The third-order valence-electron chi connectivity index (χ3n) is 0.512. The first-order valence-electron chi connectivity index (χ1n) is 2.19. The molecule has 1 amide bonds. The van der Waals surface area contributed by atoms with Crippen LogP contribution < -0.4 is 5.32 Å². The molecule has 0 aliphatic rings. The molecule has 1 N–H and O–H groups in total. The predicted molar refractivity (Wildman–Crippen MR) is 34.0 cm³/mol. The topological polar surface area (TPSA) is 38.3 Å². The van der Waals surface area contributed by atoms with Crippen molar-refractivity contribution in [3.8, 4) is 0 Å². The molecule has 0 heterocycles. The van der Waals surface area contributed by atoms with Crippen LogP contribution in [0.15, 0.2) is 0 Å². The zero-order valence-electron chi connectivity index (χ0n) is 4.84. The number of alkyl carbamates (subject to hydrolysis) is 1. The smallest absolute Gasteiger partial charge is 0.407 e. The number of hydrogen-bond donors (Lipinski definition) is 2. The average Bonchev–Trinajstić information content (AvgIpc) is 1.65. The second kappa shape index (κ2) is 3.60. The molecule has 1 unspecified atom stereocenters. The van der Waals surface area contributed by atoms with Crippen molar-refractivity contribution in [2.45, 2.75) is 12.3 Å². The summed E-state index contributed by atoms with van der Waals surface area (Å²) in [5.74, 6) is 0. The molecule has 0 aliphatic heterocycles. The van der Waals surface area contributed by atoms with Crippen LogP contribution in [0.2, 0.25) is 0 Å². The fourth-order valence-electron chi connectivity index (χ4n) is 0.229. The summed E-state index contributed by atoms with van der Waals surface area (Å²) >= 11 is 3.88. The van der Waals surface area contributed by atoms with Gasteiger partial charge in [-0.3, -0.25) is 0 Å². The van der Waals surface area contributed by atoms with Crippen LogP contribution in [0.3, 0.4) is 0 Å². The summed E-state index contributed by atoms with van der Waals surface area (Å²) in [6.45, 7) is 1.74. The number of methoxy groups -OCH3 is 1. The summed E-state index contributed by atoms with van der Waals surface area (Å²) in [6, 6.07) is 0. The number of hydrogen-bond acceptors (Lipinski definition) is 3. The molecular formula is C4H9NO2S. The normalized spacial score (nSPS) is 12.4. The van der Waals surface area contributed by atoms with Gasteiger partial charge in [0.2, 0.25) is 0 Å². The summed E-state index contributed by atoms with van der Waals surface area (Å²) in [5.41, 5.74) is 0. The Morgan fingerprint density at radius 2 is 2.38 bits per heavy atom. The van der Waals surface area contributed by atoms with Gasteiger partial charge in [0.15, 0.2) is 0 Å². The summed E-state index contributed by atoms with van der Waals surface area (Å²) in [6.07, 6.45) is -0.451. The van der Waals surface area contributed by atoms with Crippen molar-refractivity contribution >= 4 is 18.7 Å². The Hall–Kier alpha value is -0.380. The van der Waals surface area contributed by atoms with E-state index in [1.54, 1.807) is 6.92 Å². The first-order valence-corrected chi connectivity index (χ1v) is 2.71. The fraction of sp³-hybridized carbons (Fsp3) is 0.750. The molecule has 0 aromatic rings. The van der Waals surface area contributed by atoms with E-state index in [4.69, 9.17) is 0 Å². The van der Waals surface area contributed by atoms with E-state index in [1.165, 1.54) is 7.11 Å². The maximum Gasteiger partial charge on any atom is 0.407 e. The predicted octanol–water partition coefficient (Wildman–Crippen LogP) is 0.618. The molecule has 0 saturated heterocycles. The molecule has 0 bridgehead atoms. The Balaban J connectivity index is 3.25. The van der Waals surface area contributed by atoms with Crippen LogP contribution in [0.5, 0.6) is 0 Å². The molecule has 0 rings (SSSR count). The number of amides is 1. The van der Waals surface area contributed by atoms with Crippen LogP contribution >= 0.6 is 12.6 Å². The monoisotopic (exact) mass is 135 g/mol. The number of ether oxygens (including phenoxy) is 1. The van der Waals surface area contributed by atoms with Gasteiger partial charge in [0.1, 0.15) is 0 Å². The van der Waals surface area contributed by atoms with Gasteiger partial charge < -0.3 is 10.1 Å². The lowest BCUT2D eigenvalue weighted by atomic mass is 10.7. The largest absolute Gasteiger partial charge is 0.453 e. The van der Waals surface area contributed by atoms with E-state index in [1.807, 2.05) is 0 Å². The number of carbonyl (C=O) groups excluding carboxylic acids is 1. The van der Waals surface area contributed by atoms with Gasteiger partial charge in [-0.15, -0.1) is 0 Å². The lowest BCUT2D eigenvalue weighted by Crippen LogP contribution is -2.28. The molecule has 0 fully saturated rings. The SMILES string of the molecule is COC(=O)NC(C)S. The second-order valence-corrected chi connectivity index (χ2v) is 2.09. The Morgan fingerprint density at radius 1 is 1.88 bits per heavy atom. The van der Waals surface area contributed by atoms with E-state index in [0.717, 1.165) is 0 Å². The van der Waals surface area contributed by atoms with E-state index in [2.05, 4.69) is 22.7 Å². The zero-order chi connectivity index (χ0) is 6.57. The van der Waals surface area contributed by atoms with Crippen LogP contribution in [0.25, 0.3) is 0 Å². The van der Waals surface area contributed by atoms with Crippen molar-refractivity contribution in [2.24, 2.45) is 0 Å². The van der Waals surface area contributed by atoms with E-state index >= 15 is 0 Å². The van der Waals surface area contributed by atoms with Crippen LogP contribution in [-0.2, 0) is 4.74 Å². The van der Waals surface area contributed by atoms with E-state index in [0.29, 0.717) is 0 Å². The highest BCUT2D eigenvalue weighted by atomic mass is 32.1. The lowest BCUT2D eigenvalue weighted by Gasteiger charge is -2.03. The molecule has 0 saturated carbocycles. The minimum atomic E-state index is -0.451. The standard InChI is InChI=1S/C4H9NO2S/c1-3(8)5-4(6)7-2/h3,8H,1-2H3,(H,5,6). The minimum absolute atomic E-state index is 0.151. The molecule has 48 valence electrons. The molecule has 3 nitrogen and oxygen atoms in total. The van der Waals surface area contributed by atoms with E-state index in [9.17, 15) is 4.79 Å². The highest BCUT2D eigenvalue weighted by molar-refractivity contribution is 7.80. The molecule has 1 atom stereocenters. The highest BCUT2D eigenvalue weighted by Gasteiger charge is 1.98. The van der Waals surface area contributed by atoms with Crippen LogP contribution in [0.1, 0.15) is 6.92 Å². The maximum atomic E-state index is 10.2. The van der Waals surface area contributed by atoms with Gasteiger partial charge >= 0.3 is 6.09 Å². The van der Waals surface area contributed by atoms with E-state index < -0.39 is 6.09 Å². The van der Waals surface area contributed by atoms with Crippen LogP contribution in [0, 0.1) is 0 Å². The molecule has 0 aromatic heterocycles. The van der Waals surface area contributed by atoms with Crippen LogP contribution in [-0.4, -0.2) is 18.6 Å². The first-order chi connectivity index (χ1) is 3.66. The molecular weight excluding hydrogens is 126 g/mol. The molecule has 0 radical (unpaired) electrons. The summed E-state index contributed by atoms with van der Waals surface area (Å²) < 4.78 is 4.26. The van der Waals surface area contributed by atoms with Gasteiger partial charge in [-0.05, 0) is 6.92 Å². The van der Waals surface area contributed by atoms with Gasteiger partial charge in [-0.1, -0.05) is 0 Å². The van der Waals surface area contributed by atoms with Gasteiger partial charge in [0.05, 0.1) is 12.5 Å². The average molecular weight is 135 g/mol. The minimum Gasteiger partial charge on any atom is -0.453 e. The Bertz CT molecular complexity index is 84.1. The zero-order valence-corrected chi connectivity index (χ0v) is 5.74. The van der Waals surface area contributed by atoms with Crippen molar-refractivity contribution in [2.75, 3.05) is 7.11 Å². The number of thiol groups is 1. The van der Waals surface area contributed by atoms with Gasteiger partial charge in [0, 0.05) is 0 Å². The third-order valence-corrected chi connectivity index (χ3v) is 0.641.